The molecular formula is C19H21NO3. The third-order valence-corrected chi connectivity index (χ3v) is 3.72. The number of methoxy groups -OCH3 is 1. The molecule has 0 aliphatic rings. The van der Waals surface area contributed by atoms with Gasteiger partial charge in [0.1, 0.15) is 0 Å². The highest BCUT2D eigenvalue weighted by Gasteiger charge is 2.13. The van der Waals surface area contributed by atoms with Gasteiger partial charge in [0, 0.05) is 6.42 Å². The van der Waals surface area contributed by atoms with E-state index in [0.29, 0.717) is 17.7 Å². The average molecular weight is 311 g/mol. The fourth-order valence-corrected chi connectivity index (χ4v) is 2.42. The van der Waals surface area contributed by atoms with E-state index in [1.54, 1.807) is 24.3 Å². The van der Waals surface area contributed by atoms with Gasteiger partial charge in [0.25, 0.3) is 0 Å². The topological polar surface area (TPSA) is 55.4 Å². The second-order valence-electron chi connectivity index (χ2n) is 5.37. The van der Waals surface area contributed by atoms with Gasteiger partial charge >= 0.3 is 5.97 Å². The molecule has 4 heteroatoms. The first-order valence-corrected chi connectivity index (χ1v) is 7.63. The summed E-state index contributed by atoms with van der Waals surface area (Å²) in [6.07, 6.45) is 2.03. The summed E-state index contributed by atoms with van der Waals surface area (Å²) in [5, 5.41) is 2.79. The Hall–Kier alpha value is -2.62. The number of amides is 1. The van der Waals surface area contributed by atoms with Crippen LogP contribution in [0.4, 0.5) is 5.69 Å². The van der Waals surface area contributed by atoms with Crippen molar-refractivity contribution in [2.24, 2.45) is 0 Å². The molecule has 0 aliphatic heterocycles. The zero-order chi connectivity index (χ0) is 16.7. The zero-order valence-electron chi connectivity index (χ0n) is 13.5. The van der Waals surface area contributed by atoms with E-state index in [4.69, 9.17) is 4.74 Å². The minimum absolute atomic E-state index is 0.102. The van der Waals surface area contributed by atoms with Crippen molar-refractivity contribution in [1.82, 2.24) is 0 Å². The van der Waals surface area contributed by atoms with Gasteiger partial charge in [-0.25, -0.2) is 4.79 Å². The number of anilines is 1. The molecule has 0 saturated heterocycles. The summed E-state index contributed by atoms with van der Waals surface area (Å²) in [6, 6.07) is 15.0. The first-order valence-electron chi connectivity index (χ1n) is 7.63. The van der Waals surface area contributed by atoms with Crippen LogP contribution in [0.25, 0.3) is 0 Å². The molecule has 4 nitrogen and oxygen atoms in total. The van der Waals surface area contributed by atoms with E-state index in [1.807, 2.05) is 12.1 Å². The molecule has 23 heavy (non-hydrogen) atoms. The second-order valence-corrected chi connectivity index (χ2v) is 5.37. The van der Waals surface area contributed by atoms with Gasteiger partial charge in [0.15, 0.2) is 0 Å². The molecule has 0 heterocycles. The molecule has 2 aromatic rings. The van der Waals surface area contributed by atoms with E-state index >= 15 is 0 Å². The lowest BCUT2D eigenvalue weighted by molar-refractivity contribution is -0.116. The minimum Gasteiger partial charge on any atom is -0.465 e. The molecule has 2 rings (SSSR count). The van der Waals surface area contributed by atoms with Crippen LogP contribution in [-0.4, -0.2) is 19.0 Å². The predicted octanol–water partition coefficient (Wildman–Crippen LogP) is 3.74. The number of nitrogens with one attached hydrogen (secondary N) is 1. The predicted molar refractivity (Wildman–Crippen MR) is 90.5 cm³/mol. The summed E-state index contributed by atoms with van der Waals surface area (Å²) in [7, 11) is 1.32. The van der Waals surface area contributed by atoms with E-state index in [9.17, 15) is 9.59 Å². The Morgan fingerprint density at radius 1 is 1.04 bits per heavy atom. The molecule has 0 bridgehead atoms. The van der Waals surface area contributed by atoms with Crippen LogP contribution in [-0.2, 0) is 16.0 Å². The number of para-hydroxylation sites is 1. The van der Waals surface area contributed by atoms with Gasteiger partial charge in [0.05, 0.1) is 18.4 Å². The van der Waals surface area contributed by atoms with Crippen molar-refractivity contribution in [3.05, 3.63) is 65.2 Å². The summed E-state index contributed by atoms with van der Waals surface area (Å²) in [5.41, 5.74) is 3.35. The van der Waals surface area contributed by atoms with Crippen molar-refractivity contribution in [1.29, 1.82) is 0 Å². The quantitative estimate of drug-likeness (QED) is 0.827. The number of carbonyl (C=O) groups is 2. The maximum absolute atomic E-state index is 12.1. The van der Waals surface area contributed by atoms with Gasteiger partial charge in [-0.2, -0.15) is 0 Å². The number of esters is 1. The Morgan fingerprint density at radius 3 is 2.48 bits per heavy atom. The molecular weight excluding hydrogens is 290 g/mol. The van der Waals surface area contributed by atoms with Crippen LogP contribution in [0.1, 0.15) is 34.3 Å². The zero-order valence-corrected chi connectivity index (χ0v) is 13.5. The highest BCUT2D eigenvalue weighted by Crippen LogP contribution is 2.17. The molecule has 2 aromatic carbocycles. The van der Waals surface area contributed by atoms with Crippen LogP contribution in [0, 0.1) is 6.92 Å². The van der Waals surface area contributed by atoms with Crippen molar-refractivity contribution in [3.63, 3.8) is 0 Å². The van der Waals surface area contributed by atoms with Crippen LogP contribution < -0.4 is 5.32 Å². The van der Waals surface area contributed by atoms with Gasteiger partial charge < -0.3 is 10.1 Å². The molecule has 1 amide bonds. The van der Waals surface area contributed by atoms with E-state index in [-0.39, 0.29) is 5.91 Å². The molecule has 0 spiro atoms. The molecule has 0 aromatic heterocycles. The summed E-state index contributed by atoms with van der Waals surface area (Å²) >= 11 is 0. The molecule has 0 atom stereocenters. The van der Waals surface area contributed by atoms with Crippen LogP contribution in [0.15, 0.2) is 48.5 Å². The summed E-state index contributed by atoms with van der Waals surface area (Å²) in [5.74, 6) is -0.559. The lowest BCUT2D eigenvalue weighted by Gasteiger charge is -2.10. The van der Waals surface area contributed by atoms with E-state index in [1.165, 1.54) is 18.2 Å². The lowest BCUT2D eigenvalue weighted by atomic mass is 10.0. The average Bonchev–Trinajstić information content (AvgIpc) is 2.56. The molecule has 0 radical (unpaired) electrons. The normalized spacial score (nSPS) is 10.2. The van der Waals surface area contributed by atoms with Gasteiger partial charge in [-0.1, -0.05) is 36.4 Å². The van der Waals surface area contributed by atoms with E-state index < -0.39 is 5.97 Å². The number of rotatable bonds is 6. The third-order valence-electron chi connectivity index (χ3n) is 3.72. The molecule has 0 fully saturated rings. The molecule has 0 saturated carbocycles. The van der Waals surface area contributed by atoms with Crippen molar-refractivity contribution >= 4 is 17.6 Å². The van der Waals surface area contributed by atoms with Crippen molar-refractivity contribution < 1.29 is 14.3 Å². The Bertz CT molecular complexity index is 695. The summed E-state index contributed by atoms with van der Waals surface area (Å²) in [4.78, 5) is 23.8. The Kier molecular flexibility index (Phi) is 5.92. The van der Waals surface area contributed by atoms with Gasteiger partial charge in [-0.05, 0) is 43.0 Å². The number of aryl methyl sites for hydroxylation is 2. The highest BCUT2D eigenvalue weighted by atomic mass is 16.5. The smallest absolute Gasteiger partial charge is 0.339 e. The van der Waals surface area contributed by atoms with Crippen LogP contribution in [0.3, 0.4) is 0 Å². The first kappa shape index (κ1) is 16.7. The molecule has 1 N–H and O–H groups in total. The number of carbonyl (C=O) groups excluding carboxylic acids is 2. The fourth-order valence-electron chi connectivity index (χ4n) is 2.42. The number of hydrogen-bond donors (Lipinski definition) is 1. The monoisotopic (exact) mass is 311 g/mol. The van der Waals surface area contributed by atoms with Crippen molar-refractivity contribution in [2.45, 2.75) is 26.2 Å². The minimum atomic E-state index is -0.458. The fraction of sp³-hybridized carbons (Fsp3) is 0.263. The van der Waals surface area contributed by atoms with Gasteiger partial charge in [-0.15, -0.1) is 0 Å². The number of benzene rings is 2. The van der Waals surface area contributed by atoms with Crippen molar-refractivity contribution in [2.75, 3.05) is 12.4 Å². The molecule has 0 aliphatic carbocycles. The third kappa shape index (κ3) is 4.68. The number of ether oxygens (including phenoxy) is 1. The van der Waals surface area contributed by atoms with E-state index in [2.05, 4.69) is 24.4 Å². The van der Waals surface area contributed by atoms with Crippen LogP contribution >= 0.6 is 0 Å². The molecule has 120 valence electrons. The van der Waals surface area contributed by atoms with Crippen LogP contribution in [0.5, 0.6) is 0 Å². The standard InChI is InChI=1S/C19H21NO3/c1-14-8-3-4-9-15(14)10-7-13-18(21)20-17-12-6-5-11-16(17)19(22)23-2/h3-6,8-9,11-12H,7,10,13H2,1-2H3,(H,20,21). The van der Waals surface area contributed by atoms with Gasteiger partial charge in [-0.3, -0.25) is 4.79 Å². The largest absolute Gasteiger partial charge is 0.465 e. The maximum atomic E-state index is 12.1. The highest BCUT2D eigenvalue weighted by molar-refractivity contribution is 6.01. The van der Waals surface area contributed by atoms with Gasteiger partial charge in [0.2, 0.25) is 5.91 Å². The Morgan fingerprint density at radius 2 is 1.74 bits per heavy atom. The summed E-state index contributed by atoms with van der Waals surface area (Å²) < 4.78 is 4.72. The Balaban J connectivity index is 1.91. The summed E-state index contributed by atoms with van der Waals surface area (Å²) in [6.45, 7) is 2.07. The SMILES string of the molecule is COC(=O)c1ccccc1NC(=O)CCCc1ccccc1C. The number of hydrogen-bond acceptors (Lipinski definition) is 3. The molecule has 0 unspecified atom stereocenters. The van der Waals surface area contributed by atoms with E-state index in [0.717, 1.165) is 12.8 Å². The lowest BCUT2D eigenvalue weighted by Crippen LogP contribution is -2.15. The van der Waals surface area contributed by atoms with Crippen LogP contribution in [0.2, 0.25) is 0 Å². The maximum Gasteiger partial charge on any atom is 0.339 e. The van der Waals surface area contributed by atoms with Crippen molar-refractivity contribution in [3.8, 4) is 0 Å². The first-order chi connectivity index (χ1) is 11.1. The second kappa shape index (κ2) is 8.13. The Labute approximate surface area is 136 Å².